The van der Waals surface area contributed by atoms with Crippen molar-refractivity contribution in [1.82, 2.24) is 5.32 Å². The molecule has 1 saturated heterocycles. The molecule has 0 saturated carbocycles. The Morgan fingerprint density at radius 1 is 1.00 bits per heavy atom. The van der Waals surface area contributed by atoms with Crippen molar-refractivity contribution in [2.75, 3.05) is 6.61 Å². The normalized spacial score (nSPS) is 23.7. The van der Waals surface area contributed by atoms with Crippen LogP contribution in [0.2, 0.25) is 0 Å². The van der Waals surface area contributed by atoms with Gasteiger partial charge >= 0.3 is 0 Å². The van der Waals surface area contributed by atoms with Crippen LogP contribution in [0.4, 0.5) is 0 Å². The Kier molecular flexibility index (Phi) is 15.9. The number of hydrogen-bond donors (Lipinski definition) is 5. The van der Waals surface area contributed by atoms with Crippen molar-refractivity contribution < 1.29 is 25.2 Å². The van der Waals surface area contributed by atoms with Gasteiger partial charge < -0.3 is 25.7 Å². The maximum Gasteiger partial charge on any atom is 0.300 e. The van der Waals surface area contributed by atoms with Crippen molar-refractivity contribution in [1.29, 1.82) is 0 Å². The lowest BCUT2D eigenvalue weighted by Gasteiger charge is -2.42. The summed E-state index contributed by atoms with van der Waals surface area (Å²) in [6, 6.07) is 0.0999. The molecule has 5 N–H and O–H groups in total. The third kappa shape index (κ3) is 13.2. The molecular formula is C21H43NO5. The van der Waals surface area contributed by atoms with Gasteiger partial charge in [-0.1, -0.05) is 71.6 Å². The van der Waals surface area contributed by atoms with Crippen molar-refractivity contribution in [2.45, 2.75) is 116 Å². The zero-order chi connectivity index (χ0) is 20.7. The standard InChI is InChI=1S/C19H39NO3.C2H4O2/c1-3-15(2)18(22)13-11-9-7-5-4-6-8-10-12-16-19(23)17(14-21)20-16;1-2(3)4/h15-23H,3-14H2,1-2H3;1H3,(H,3,4)/t15-,16-,17-,18-,19+;/m0./s1. The van der Waals surface area contributed by atoms with Crippen LogP contribution in [0.15, 0.2) is 0 Å². The number of nitrogens with one attached hydrogen (secondary N) is 1. The minimum Gasteiger partial charge on any atom is -0.481 e. The van der Waals surface area contributed by atoms with Crippen molar-refractivity contribution in [2.24, 2.45) is 5.92 Å². The average Bonchev–Trinajstić information content (AvgIpc) is 2.63. The van der Waals surface area contributed by atoms with Crippen LogP contribution in [-0.2, 0) is 4.79 Å². The summed E-state index contributed by atoms with van der Waals surface area (Å²) in [5, 5.41) is 39.2. The quantitative estimate of drug-likeness (QED) is 0.292. The van der Waals surface area contributed by atoms with Crippen LogP contribution in [0.3, 0.4) is 0 Å². The number of hydrogen-bond acceptors (Lipinski definition) is 5. The number of unbranched alkanes of at least 4 members (excludes halogenated alkanes) is 7. The molecule has 1 heterocycles. The summed E-state index contributed by atoms with van der Waals surface area (Å²) in [5.74, 6) is -0.397. The predicted octanol–water partition coefficient (Wildman–Crippen LogP) is 3.08. The predicted molar refractivity (Wildman–Crippen MR) is 109 cm³/mol. The Labute approximate surface area is 165 Å². The maximum atomic E-state index is 9.90. The number of carboxylic acid groups (broad SMARTS) is 1. The molecule has 0 aromatic heterocycles. The van der Waals surface area contributed by atoms with Gasteiger partial charge in [-0.05, 0) is 18.8 Å². The van der Waals surface area contributed by atoms with E-state index in [0.29, 0.717) is 5.92 Å². The molecule has 0 bridgehead atoms. The maximum absolute atomic E-state index is 9.90. The number of aliphatic hydroxyl groups excluding tert-OH is 3. The average molecular weight is 390 g/mol. The van der Waals surface area contributed by atoms with E-state index in [1.54, 1.807) is 0 Å². The molecule has 1 fully saturated rings. The van der Waals surface area contributed by atoms with Crippen LogP contribution in [0.5, 0.6) is 0 Å². The second-order valence-electron chi connectivity index (χ2n) is 7.93. The number of aliphatic carboxylic acids is 1. The molecule has 1 aliphatic heterocycles. The van der Waals surface area contributed by atoms with E-state index in [0.717, 1.165) is 39.0 Å². The lowest BCUT2D eigenvalue weighted by atomic mass is 9.89. The van der Waals surface area contributed by atoms with E-state index >= 15 is 0 Å². The number of carboxylic acids is 1. The Morgan fingerprint density at radius 2 is 1.48 bits per heavy atom. The van der Waals surface area contributed by atoms with E-state index in [2.05, 4.69) is 19.2 Å². The van der Waals surface area contributed by atoms with Crippen LogP contribution in [-0.4, -0.2) is 57.3 Å². The first-order valence-electron chi connectivity index (χ1n) is 10.8. The Hall–Kier alpha value is -0.690. The van der Waals surface area contributed by atoms with E-state index in [-0.39, 0.29) is 30.9 Å². The van der Waals surface area contributed by atoms with E-state index in [4.69, 9.17) is 15.0 Å². The van der Waals surface area contributed by atoms with Crippen molar-refractivity contribution in [3.05, 3.63) is 0 Å². The van der Waals surface area contributed by atoms with Gasteiger partial charge in [-0.25, -0.2) is 0 Å². The van der Waals surface area contributed by atoms with E-state index < -0.39 is 5.97 Å². The summed E-state index contributed by atoms with van der Waals surface area (Å²) in [6.07, 6.45) is 12.5. The number of carbonyl (C=O) groups is 1. The molecule has 0 aromatic carbocycles. The molecule has 6 heteroatoms. The number of aliphatic hydroxyl groups is 3. The van der Waals surface area contributed by atoms with E-state index in [9.17, 15) is 10.2 Å². The molecular weight excluding hydrogens is 346 g/mol. The molecule has 1 rings (SSSR count). The smallest absolute Gasteiger partial charge is 0.300 e. The zero-order valence-electron chi connectivity index (χ0n) is 17.6. The lowest BCUT2D eigenvalue weighted by molar-refractivity contribution is -0.134. The molecule has 27 heavy (non-hydrogen) atoms. The van der Waals surface area contributed by atoms with Gasteiger partial charge in [0.25, 0.3) is 5.97 Å². The van der Waals surface area contributed by atoms with Gasteiger partial charge in [-0.15, -0.1) is 0 Å². The fraction of sp³-hybridized carbons (Fsp3) is 0.952. The minimum absolute atomic E-state index is 0.0338. The fourth-order valence-electron chi connectivity index (χ4n) is 3.38. The zero-order valence-corrected chi connectivity index (χ0v) is 17.6. The molecule has 1 aliphatic rings. The fourth-order valence-corrected chi connectivity index (χ4v) is 3.38. The number of rotatable bonds is 14. The van der Waals surface area contributed by atoms with Crippen molar-refractivity contribution in [3.8, 4) is 0 Å². The largest absolute Gasteiger partial charge is 0.481 e. The van der Waals surface area contributed by atoms with Gasteiger partial charge in [0.05, 0.1) is 24.9 Å². The second kappa shape index (κ2) is 16.3. The van der Waals surface area contributed by atoms with Gasteiger partial charge in [0.1, 0.15) is 0 Å². The third-order valence-electron chi connectivity index (χ3n) is 5.52. The van der Waals surface area contributed by atoms with Crippen molar-refractivity contribution in [3.63, 3.8) is 0 Å². The highest BCUT2D eigenvalue weighted by molar-refractivity contribution is 5.62. The molecule has 0 spiro atoms. The van der Waals surface area contributed by atoms with Crippen LogP contribution >= 0.6 is 0 Å². The van der Waals surface area contributed by atoms with Gasteiger partial charge in [0.15, 0.2) is 0 Å². The molecule has 0 aliphatic carbocycles. The SMILES string of the molecule is CC(=O)O.CC[C@H](C)[C@@H](O)CCCCCCCCCC[C@@H]1N[C@@H](CO)[C@@H]1O. The van der Waals surface area contributed by atoms with Crippen molar-refractivity contribution >= 4 is 5.97 Å². The minimum atomic E-state index is -0.833. The van der Waals surface area contributed by atoms with Gasteiger partial charge in [0.2, 0.25) is 0 Å². The summed E-state index contributed by atoms with van der Waals surface area (Å²) in [5.41, 5.74) is 0. The van der Waals surface area contributed by atoms with E-state index in [1.807, 2.05) is 0 Å². The highest BCUT2D eigenvalue weighted by Gasteiger charge is 2.37. The highest BCUT2D eigenvalue weighted by Crippen LogP contribution is 2.20. The first-order valence-corrected chi connectivity index (χ1v) is 10.8. The summed E-state index contributed by atoms with van der Waals surface area (Å²) < 4.78 is 0. The van der Waals surface area contributed by atoms with Gasteiger partial charge in [0, 0.05) is 13.0 Å². The summed E-state index contributed by atoms with van der Waals surface area (Å²) in [6.45, 7) is 5.39. The van der Waals surface area contributed by atoms with Crippen LogP contribution < -0.4 is 5.32 Å². The topological polar surface area (TPSA) is 110 Å². The summed E-state index contributed by atoms with van der Waals surface area (Å²) in [7, 11) is 0. The molecule has 0 unspecified atom stereocenters. The second-order valence-corrected chi connectivity index (χ2v) is 7.93. The van der Waals surface area contributed by atoms with Gasteiger partial charge in [-0.3, -0.25) is 4.79 Å². The molecule has 0 amide bonds. The molecule has 0 radical (unpaired) electrons. The van der Waals surface area contributed by atoms with Gasteiger partial charge in [-0.2, -0.15) is 0 Å². The van der Waals surface area contributed by atoms with E-state index in [1.165, 1.54) is 38.5 Å². The van der Waals surface area contributed by atoms with Crippen LogP contribution in [0.25, 0.3) is 0 Å². The Morgan fingerprint density at radius 3 is 1.93 bits per heavy atom. The van der Waals surface area contributed by atoms with Crippen LogP contribution in [0.1, 0.15) is 91.4 Å². The third-order valence-corrected chi connectivity index (χ3v) is 5.52. The molecule has 6 nitrogen and oxygen atoms in total. The lowest BCUT2D eigenvalue weighted by Crippen LogP contribution is -2.66. The molecule has 5 atom stereocenters. The highest BCUT2D eigenvalue weighted by atomic mass is 16.4. The first-order chi connectivity index (χ1) is 12.8. The molecule has 0 aromatic rings. The Balaban J connectivity index is 0.00000153. The Bertz CT molecular complexity index is 362. The molecule has 162 valence electrons. The summed E-state index contributed by atoms with van der Waals surface area (Å²) >= 11 is 0. The first kappa shape index (κ1) is 26.3. The monoisotopic (exact) mass is 389 g/mol. The summed E-state index contributed by atoms with van der Waals surface area (Å²) in [4.78, 5) is 9.00. The van der Waals surface area contributed by atoms with Crippen LogP contribution in [0, 0.1) is 5.92 Å².